The molecule has 26 heavy (non-hydrogen) atoms. The average Bonchev–Trinajstić information content (AvgIpc) is 2.94. The highest BCUT2D eigenvalue weighted by molar-refractivity contribution is 7.98. The molecule has 6 heteroatoms. The van der Waals surface area contributed by atoms with Gasteiger partial charge in [-0.1, -0.05) is 18.2 Å². The van der Waals surface area contributed by atoms with Crippen molar-refractivity contribution in [1.82, 2.24) is 9.97 Å². The van der Waals surface area contributed by atoms with Crippen LogP contribution < -0.4 is 4.90 Å². The Hall–Kier alpha value is -1.63. The summed E-state index contributed by atoms with van der Waals surface area (Å²) in [5.74, 6) is 2.61. The Bertz CT molecular complexity index is 910. The largest absolute Gasteiger partial charge is 0.391 e. The predicted molar refractivity (Wildman–Crippen MR) is 110 cm³/mol. The fraction of sp³-hybridized carbons (Fsp3) is 0.400. The standard InChI is InChI=1S/C20H23N3OS2/c1-13-14(2)26-20-18(13)19(23-10-6-7-15(24)11-23)21-17(22-20)12-25-16-8-4-3-5-9-16/h3-5,8-9,15,24H,6-7,10-12H2,1-2H3/t15-/m1/s1. The first-order valence-corrected chi connectivity index (χ1v) is 10.8. The molecule has 1 aromatic carbocycles. The highest BCUT2D eigenvalue weighted by Crippen LogP contribution is 2.36. The number of aliphatic hydroxyl groups is 1. The van der Waals surface area contributed by atoms with Crippen LogP contribution in [0.15, 0.2) is 35.2 Å². The molecule has 3 aromatic rings. The summed E-state index contributed by atoms with van der Waals surface area (Å²) in [6, 6.07) is 10.4. The Balaban J connectivity index is 1.70. The summed E-state index contributed by atoms with van der Waals surface area (Å²) in [4.78, 5) is 15.6. The smallest absolute Gasteiger partial charge is 0.142 e. The number of aryl methyl sites for hydroxylation is 2. The normalized spacial score (nSPS) is 17.8. The minimum atomic E-state index is -0.268. The molecule has 0 saturated carbocycles. The number of hydrogen-bond donors (Lipinski definition) is 1. The van der Waals surface area contributed by atoms with Crippen molar-refractivity contribution in [2.24, 2.45) is 0 Å². The minimum Gasteiger partial charge on any atom is -0.391 e. The van der Waals surface area contributed by atoms with Crippen LogP contribution in [0.4, 0.5) is 5.82 Å². The van der Waals surface area contributed by atoms with E-state index in [4.69, 9.17) is 9.97 Å². The first-order chi connectivity index (χ1) is 12.6. The van der Waals surface area contributed by atoms with Crippen molar-refractivity contribution in [2.45, 2.75) is 43.4 Å². The molecule has 4 nitrogen and oxygen atoms in total. The van der Waals surface area contributed by atoms with E-state index in [2.05, 4.69) is 43.0 Å². The third kappa shape index (κ3) is 3.59. The van der Waals surface area contributed by atoms with Crippen LogP contribution in [-0.4, -0.2) is 34.3 Å². The lowest BCUT2D eigenvalue weighted by atomic mass is 10.1. The van der Waals surface area contributed by atoms with E-state index in [1.165, 1.54) is 15.3 Å². The van der Waals surface area contributed by atoms with Gasteiger partial charge in [0.2, 0.25) is 0 Å². The fourth-order valence-corrected chi connectivity index (χ4v) is 5.19. The van der Waals surface area contributed by atoms with Gasteiger partial charge in [-0.2, -0.15) is 0 Å². The van der Waals surface area contributed by atoms with E-state index in [-0.39, 0.29) is 6.10 Å². The molecule has 0 aliphatic carbocycles. The van der Waals surface area contributed by atoms with Crippen LogP contribution in [0.3, 0.4) is 0 Å². The van der Waals surface area contributed by atoms with Crippen molar-refractivity contribution in [3.8, 4) is 0 Å². The summed E-state index contributed by atoms with van der Waals surface area (Å²) < 4.78 is 0. The summed E-state index contributed by atoms with van der Waals surface area (Å²) in [6.45, 7) is 5.91. The number of anilines is 1. The molecule has 136 valence electrons. The van der Waals surface area contributed by atoms with Crippen LogP contribution in [-0.2, 0) is 5.75 Å². The lowest BCUT2D eigenvalue weighted by Crippen LogP contribution is -2.39. The fourth-order valence-electron chi connectivity index (χ4n) is 3.38. The van der Waals surface area contributed by atoms with Crippen LogP contribution in [0.25, 0.3) is 10.2 Å². The van der Waals surface area contributed by atoms with Crippen molar-refractivity contribution >= 4 is 39.1 Å². The monoisotopic (exact) mass is 385 g/mol. The first kappa shape index (κ1) is 17.8. The maximum Gasteiger partial charge on any atom is 0.142 e. The maximum absolute atomic E-state index is 10.1. The zero-order valence-electron chi connectivity index (χ0n) is 15.1. The molecule has 0 bridgehead atoms. The highest BCUT2D eigenvalue weighted by Gasteiger charge is 2.24. The van der Waals surface area contributed by atoms with Gasteiger partial charge < -0.3 is 10.0 Å². The van der Waals surface area contributed by atoms with Gasteiger partial charge in [0.05, 0.1) is 17.2 Å². The van der Waals surface area contributed by atoms with Crippen LogP contribution in [0.2, 0.25) is 0 Å². The number of aromatic nitrogens is 2. The van der Waals surface area contributed by atoms with Gasteiger partial charge in [-0.3, -0.25) is 0 Å². The third-order valence-corrected chi connectivity index (χ3v) is 6.97. The number of thioether (sulfide) groups is 1. The van der Waals surface area contributed by atoms with E-state index in [0.717, 1.165) is 47.0 Å². The molecule has 0 spiro atoms. The molecule has 3 heterocycles. The zero-order chi connectivity index (χ0) is 18.1. The second-order valence-electron chi connectivity index (χ2n) is 6.77. The Morgan fingerprint density at radius 1 is 1.23 bits per heavy atom. The molecule has 0 radical (unpaired) electrons. The summed E-state index contributed by atoms with van der Waals surface area (Å²) in [5.41, 5.74) is 1.27. The molecule has 0 unspecified atom stereocenters. The van der Waals surface area contributed by atoms with Gasteiger partial charge in [0.15, 0.2) is 0 Å². The van der Waals surface area contributed by atoms with E-state index in [1.807, 2.05) is 6.07 Å². The lowest BCUT2D eigenvalue weighted by molar-refractivity contribution is 0.154. The summed E-state index contributed by atoms with van der Waals surface area (Å²) >= 11 is 3.50. The summed E-state index contributed by atoms with van der Waals surface area (Å²) in [5, 5.41) is 11.3. The number of aliphatic hydroxyl groups excluding tert-OH is 1. The first-order valence-electron chi connectivity index (χ1n) is 8.99. The Labute approximate surface area is 162 Å². The van der Waals surface area contributed by atoms with E-state index in [1.54, 1.807) is 23.1 Å². The molecular weight excluding hydrogens is 362 g/mol. The summed E-state index contributed by atoms with van der Waals surface area (Å²) in [6.07, 6.45) is 1.61. The average molecular weight is 386 g/mol. The van der Waals surface area contributed by atoms with E-state index >= 15 is 0 Å². The zero-order valence-corrected chi connectivity index (χ0v) is 16.7. The molecule has 1 N–H and O–H groups in total. The van der Waals surface area contributed by atoms with Gasteiger partial charge in [0, 0.05) is 22.9 Å². The molecule has 0 amide bonds. The van der Waals surface area contributed by atoms with Crippen LogP contribution in [0.1, 0.15) is 29.1 Å². The van der Waals surface area contributed by atoms with Crippen molar-refractivity contribution in [3.63, 3.8) is 0 Å². The number of nitrogens with zero attached hydrogens (tertiary/aromatic N) is 3. The van der Waals surface area contributed by atoms with Gasteiger partial charge in [0.25, 0.3) is 0 Å². The molecule has 1 atom stereocenters. The molecule has 1 aliphatic rings. The van der Waals surface area contributed by atoms with E-state index in [9.17, 15) is 5.11 Å². The quantitative estimate of drug-likeness (QED) is 0.667. The maximum atomic E-state index is 10.1. The number of rotatable bonds is 4. The van der Waals surface area contributed by atoms with Crippen molar-refractivity contribution < 1.29 is 5.11 Å². The third-order valence-electron chi connectivity index (χ3n) is 4.86. The Morgan fingerprint density at radius 2 is 2.04 bits per heavy atom. The van der Waals surface area contributed by atoms with E-state index in [0.29, 0.717) is 6.54 Å². The lowest BCUT2D eigenvalue weighted by Gasteiger charge is -2.31. The predicted octanol–water partition coefficient (Wildman–Crippen LogP) is 4.56. The molecule has 1 fully saturated rings. The van der Waals surface area contributed by atoms with Crippen LogP contribution in [0, 0.1) is 13.8 Å². The highest BCUT2D eigenvalue weighted by atomic mass is 32.2. The van der Waals surface area contributed by atoms with Crippen LogP contribution >= 0.6 is 23.1 Å². The van der Waals surface area contributed by atoms with Crippen molar-refractivity contribution in [1.29, 1.82) is 0 Å². The van der Waals surface area contributed by atoms with Crippen LogP contribution in [0.5, 0.6) is 0 Å². The number of β-amino-alcohol motifs (C(OH)–C–C–N with tert-alkyl or cyclic N) is 1. The number of fused-ring (bicyclic) bond motifs is 1. The van der Waals surface area contributed by atoms with Crippen molar-refractivity contribution in [2.75, 3.05) is 18.0 Å². The molecule has 2 aromatic heterocycles. The van der Waals surface area contributed by atoms with Gasteiger partial charge in [-0.05, 0) is 44.4 Å². The Kier molecular flexibility index (Phi) is 5.16. The van der Waals surface area contributed by atoms with Crippen molar-refractivity contribution in [3.05, 3.63) is 46.6 Å². The Morgan fingerprint density at radius 3 is 2.81 bits per heavy atom. The second kappa shape index (κ2) is 7.55. The second-order valence-corrected chi connectivity index (χ2v) is 9.02. The number of benzene rings is 1. The number of hydrogen-bond acceptors (Lipinski definition) is 6. The van der Waals surface area contributed by atoms with Gasteiger partial charge >= 0.3 is 0 Å². The minimum absolute atomic E-state index is 0.268. The van der Waals surface area contributed by atoms with Gasteiger partial charge in [-0.15, -0.1) is 23.1 Å². The number of thiophene rings is 1. The van der Waals surface area contributed by atoms with E-state index < -0.39 is 0 Å². The molecule has 4 rings (SSSR count). The van der Waals surface area contributed by atoms with Gasteiger partial charge in [-0.25, -0.2) is 9.97 Å². The SMILES string of the molecule is Cc1sc2nc(CSc3ccccc3)nc(N3CCC[C@@H](O)C3)c2c1C. The number of piperidine rings is 1. The topological polar surface area (TPSA) is 49.2 Å². The molecule has 1 saturated heterocycles. The molecule has 1 aliphatic heterocycles. The van der Waals surface area contributed by atoms with Gasteiger partial charge in [0.1, 0.15) is 16.5 Å². The molecular formula is C20H23N3OS2. The summed E-state index contributed by atoms with van der Waals surface area (Å²) in [7, 11) is 0.